The molecule has 0 fully saturated rings. The Balaban J connectivity index is 1.73. The second-order valence-electron chi connectivity index (χ2n) is 7.58. The lowest BCUT2D eigenvalue weighted by Gasteiger charge is -2.26. The number of amides is 1. The number of rotatable bonds is 8. The fourth-order valence-corrected chi connectivity index (χ4v) is 3.10. The van der Waals surface area contributed by atoms with Gasteiger partial charge in [0.05, 0.1) is 29.3 Å². The van der Waals surface area contributed by atoms with Crippen molar-refractivity contribution in [2.45, 2.75) is 26.4 Å². The number of carbonyl (C=O) groups excluding carboxylic acids is 1. The number of aliphatic hydroxyl groups is 1. The molecule has 0 aliphatic rings. The number of para-hydroxylation sites is 1. The van der Waals surface area contributed by atoms with Gasteiger partial charge in [-0.25, -0.2) is 4.98 Å². The van der Waals surface area contributed by atoms with Crippen molar-refractivity contribution in [1.82, 2.24) is 24.9 Å². The Morgan fingerprint density at radius 3 is 2.43 bits per heavy atom. The summed E-state index contributed by atoms with van der Waals surface area (Å²) >= 11 is 0. The van der Waals surface area contributed by atoms with Gasteiger partial charge in [0.2, 0.25) is 0 Å². The molecule has 0 bridgehead atoms. The van der Waals surface area contributed by atoms with Crippen LogP contribution in [-0.4, -0.2) is 62.6 Å². The van der Waals surface area contributed by atoms with E-state index in [1.54, 1.807) is 43.3 Å². The van der Waals surface area contributed by atoms with E-state index in [1.165, 1.54) is 4.80 Å². The van der Waals surface area contributed by atoms with Crippen molar-refractivity contribution < 1.29 is 9.90 Å². The van der Waals surface area contributed by atoms with Crippen LogP contribution in [-0.2, 0) is 5.60 Å². The SMILES string of the molecule is CCN(CCN(C)c1cccc(C(C)(C)O)n1)C(=O)c1ccccc1-n1nccn1. The molecule has 0 radical (unpaired) electrons. The summed E-state index contributed by atoms with van der Waals surface area (Å²) in [6.45, 7) is 7.08. The zero-order chi connectivity index (χ0) is 21.7. The van der Waals surface area contributed by atoms with Crippen LogP contribution in [0.4, 0.5) is 5.82 Å². The minimum atomic E-state index is -1.01. The lowest BCUT2D eigenvalue weighted by molar-refractivity contribution is 0.0739. The molecule has 8 heteroatoms. The van der Waals surface area contributed by atoms with Crippen LogP contribution in [0.5, 0.6) is 0 Å². The second-order valence-corrected chi connectivity index (χ2v) is 7.58. The molecule has 30 heavy (non-hydrogen) atoms. The van der Waals surface area contributed by atoms with E-state index in [4.69, 9.17) is 0 Å². The van der Waals surface area contributed by atoms with Crippen LogP contribution >= 0.6 is 0 Å². The number of carbonyl (C=O) groups is 1. The average molecular weight is 409 g/mol. The Labute approximate surface area is 176 Å². The molecular formula is C22H28N6O2. The molecule has 0 spiro atoms. The molecule has 0 aliphatic heterocycles. The van der Waals surface area contributed by atoms with E-state index in [1.807, 2.05) is 49.2 Å². The van der Waals surface area contributed by atoms with E-state index in [9.17, 15) is 9.90 Å². The molecule has 3 rings (SSSR count). The average Bonchev–Trinajstić information content (AvgIpc) is 3.28. The number of likely N-dealkylation sites (N-methyl/N-ethyl adjacent to an activating group) is 2. The summed E-state index contributed by atoms with van der Waals surface area (Å²) in [5.41, 5.74) is 0.808. The zero-order valence-corrected chi connectivity index (χ0v) is 17.9. The predicted octanol–water partition coefficient (Wildman–Crippen LogP) is 2.49. The largest absolute Gasteiger partial charge is 0.384 e. The maximum atomic E-state index is 13.2. The van der Waals surface area contributed by atoms with Gasteiger partial charge in [-0.15, -0.1) is 0 Å². The van der Waals surface area contributed by atoms with E-state index < -0.39 is 5.60 Å². The predicted molar refractivity (Wildman–Crippen MR) is 116 cm³/mol. The monoisotopic (exact) mass is 408 g/mol. The van der Waals surface area contributed by atoms with E-state index in [0.717, 1.165) is 5.82 Å². The highest BCUT2D eigenvalue weighted by molar-refractivity contribution is 5.97. The first-order valence-electron chi connectivity index (χ1n) is 9.97. The van der Waals surface area contributed by atoms with Gasteiger partial charge in [0.15, 0.2) is 0 Å². The van der Waals surface area contributed by atoms with Crippen LogP contribution in [0.15, 0.2) is 54.9 Å². The van der Waals surface area contributed by atoms with Crippen molar-refractivity contribution in [3.63, 3.8) is 0 Å². The summed E-state index contributed by atoms with van der Waals surface area (Å²) < 4.78 is 0. The Kier molecular flexibility index (Phi) is 6.47. The van der Waals surface area contributed by atoms with E-state index in [-0.39, 0.29) is 5.91 Å². The first-order valence-corrected chi connectivity index (χ1v) is 9.97. The van der Waals surface area contributed by atoms with Crippen molar-refractivity contribution in [2.24, 2.45) is 0 Å². The molecule has 3 aromatic rings. The first-order chi connectivity index (χ1) is 14.3. The van der Waals surface area contributed by atoms with Crippen molar-refractivity contribution in [1.29, 1.82) is 0 Å². The van der Waals surface area contributed by atoms with Crippen LogP contribution in [0.2, 0.25) is 0 Å². The summed E-state index contributed by atoms with van der Waals surface area (Å²) in [5.74, 6) is 0.677. The molecular weight excluding hydrogens is 380 g/mol. The molecule has 1 amide bonds. The number of aromatic nitrogens is 4. The number of benzene rings is 1. The van der Waals surface area contributed by atoms with Gasteiger partial charge in [0, 0.05) is 26.7 Å². The number of pyridine rings is 1. The minimum Gasteiger partial charge on any atom is -0.384 e. The summed E-state index contributed by atoms with van der Waals surface area (Å²) in [6.07, 6.45) is 3.17. The Bertz CT molecular complexity index is 981. The van der Waals surface area contributed by atoms with E-state index in [2.05, 4.69) is 15.2 Å². The minimum absolute atomic E-state index is 0.0722. The molecule has 0 saturated carbocycles. The van der Waals surface area contributed by atoms with Gasteiger partial charge in [0.25, 0.3) is 5.91 Å². The quantitative estimate of drug-likeness (QED) is 0.616. The zero-order valence-electron chi connectivity index (χ0n) is 17.9. The van der Waals surface area contributed by atoms with Crippen LogP contribution in [0.3, 0.4) is 0 Å². The third kappa shape index (κ3) is 4.83. The molecule has 0 aliphatic carbocycles. The maximum absolute atomic E-state index is 13.2. The third-order valence-corrected chi connectivity index (χ3v) is 4.90. The van der Waals surface area contributed by atoms with Crippen molar-refractivity contribution >= 4 is 11.7 Å². The Morgan fingerprint density at radius 1 is 1.07 bits per heavy atom. The second kappa shape index (κ2) is 9.04. The van der Waals surface area contributed by atoms with Gasteiger partial charge in [-0.1, -0.05) is 18.2 Å². The van der Waals surface area contributed by atoms with Gasteiger partial charge < -0.3 is 14.9 Å². The highest BCUT2D eigenvalue weighted by Crippen LogP contribution is 2.20. The van der Waals surface area contributed by atoms with Crippen molar-refractivity contribution in [2.75, 3.05) is 31.6 Å². The molecule has 8 nitrogen and oxygen atoms in total. The highest BCUT2D eigenvalue weighted by atomic mass is 16.3. The van der Waals surface area contributed by atoms with Crippen molar-refractivity contribution in [3.05, 3.63) is 66.1 Å². The lowest BCUT2D eigenvalue weighted by atomic mass is 10.1. The molecule has 158 valence electrons. The fraction of sp³-hybridized carbons (Fsp3) is 0.364. The normalized spacial score (nSPS) is 11.4. The molecule has 0 saturated heterocycles. The van der Waals surface area contributed by atoms with Gasteiger partial charge in [-0.05, 0) is 45.0 Å². The molecule has 0 atom stereocenters. The molecule has 2 aromatic heterocycles. The molecule has 1 aromatic carbocycles. The standard InChI is InChI=1S/C22H28N6O2/c1-5-27(16-15-26(4)20-12-8-11-19(25-20)22(2,3)30)21(29)17-9-6-7-10-18(17)28-23-13-14-24-28/h6-14,30H,5,15-16H2,1-4H3. The summed E-state index contributed by atoms with van der Waals surface area (Å²) in [6, 6.07) is 12.9. The van der Waals surface area contributed by atoms with Gasteiger partial charge in [0.1, 0.15) is 11.4 Å². The maximum Gasteiger partial charge on any atom is 0.256 e. The number of hydrogen-bond acceptors (Lipinski definition) is 6. The topological polar surface area (TPSA) is 87.4 Å². The lowest BCUT2D eigenvalue weighted by Crippen LogP contribution is -2.38. The van der Waals surface area contributed by atoms with Crippen molar-refractivity contribution in [3.8, 4) is 5.69 Å². The molecule has 0 unspecified atom stereocenters. The van der Waals surface area contributed by atoms with Gasteiger partial charge >= 0.3 is 0 Å². The van der Waals surface area contributed by atoms with Crippen LogP contribution < -0.4 is 4.90 Å². The molecule has 2 heterocycles. The fourth-order valence-electron chi connectivity index (χ4n) is 3.10. The van der Waals surface area contributed by atoms with Crippen LogP contribution in [0, 0.1) is 0 Å². The Morgan fingerprint density at radius 2 is 1.77 bits per heavy atom. The third-order valence-electron chi connectivity index (χ3n) is 4.90. The van der Waals surface area contributed by atoms with Gasteiger partial charge in [-0.2, -0.15) is 15.0 Å². The number of nitrogens with zero attached hydrogens (tertiary/aromatic N) is 6. The van der Waals surface area contributed by atoms with Gasteiger partial charge in [-0.3, -0.25) is 4.79 Å². The summed E-state index contributed by atoms with van der Waals surface area (Å²) in [5, 5.41) is 18.5. The smallest absolute Gasteiger partial charge is 0.256 e. The van der Waals surface area contributed by atoms with E-state index in [0.29, 0.717) is 36.6 Å². The van der Waals surface area contributed by atoms with Crippen LogP contribution in [0.25, 0.3) is 5.69 Å². The first kappa shape index (κ1) is 21.4. The highest BCUT2D eigenvalue weighted by Gasteiger charge is 2.21. The van der Waals surface area contributed by atoms with Crippen LogP contribution in [0.1, 0.15) is 36.8 Å². The summed E-state index contributed by atoms with van der Waals surface area (Å²) in [7, 11) is 1.93. The van der Waals surface area contributed by atoms with E-state index >= 15 is 0 Å². The number of hydrogen-bond donors (Lipinski definition) is 1. The summed E-state index contributed by atoms with van der Waals surface area (Å²) in [4.78, 5) is 23.0. The Hall–Kier alpha value is -3.26. The molecule has 1 N–H and O–H groups in total. The number of anilines is 1.